The van der Waals surface area contributed by atoms with Crippen molar-refractivity contribution in [3.05, 3.63) is 35.9 Å². The van der Waals surface area contributed by atoms with Crippen molar-refractivity contribution < 1.29 is 24.2 Å². The Morgan fingerprint density at radius 3 is 2.41 bits per heavy atom. The van der Waals surface area contributed by atoms with Gasteiger partial charge in [0.15, 0.2) is 0 Å². The Hall–Kier alpha value is -2.61. The smallest absolute Gasteiger partial charge is 0.338 e. The Bertz CT molecular complexity index is 535. The van der Waals surface area contributed by atoms with Gasteiger partial charge >= 0.3 is 18.0 Å². The molecule has 22 heavy (non-hydrogen) atoms. The first-order valence-electron chi connectivity index (χ1n) is 6.63. The van der Waals surface area contributed by atoms with Crippen LogP contribution >= 0.6 is 0 Å². The number of esters is 1. The summed E-state index contributed by atoms with van der Waals surface area (Å²) in [4.78, 5) is 33.8. The zero-order chi connectivity index (χ0) is 16.6. The second kappa shape index (κ2) is 7.99. The zero-order valence-electron chi connectivity index (χ0n) is 12.0. The molecule has 1 aromatic rings. The van der Waals surface area contributed by atoms with Crippen molar-refractivity contribution in [2.75, 3.05) is 6.54 Å². The number of carbonyl (C=O) groups is 3. The van der Waals surface area contributed by atoms with Gasteiger partial charge < -0.3 is 26.6 Å². The lowest BCUT2D eigenvalue weighted by atomic mass is 9.95. The standard InChI is InChI=1S/C14H19N3O5/c15-13(21)17-8-4-7-14(16,11(18)19)12(20)22-9-10-5-2-1-3-6-10/h1-3,5-6H,4,7-9,16H2,(H,18,19)(H3,15,17,21)/t14-/m0/s1. The van der Waals surface area contributed by atoms with Crippen molar-refractivity contribution >= 4 is 18.0 Å². The van der Waals surface area contributed by atoms with E-state index in [1.165, 1.54) is 0 Å². The number of rotatable bonds is 8. The summed E-state index contributed by atoms with van der Waals surface area (Å²) < 4.78 is 4.98. The molecule has 8 nitrogen and oxygen atoms in total. The van der Waals surface area contributed by atoms with Gasteiger partial charge in [0.2, 0.25) is 5.54 Å². The quantitative estimate of drug-likeness (QED) is 0.301. The maximum absolute atomic E-state index is 12.0. The lowest BCUT2D eigenvalue weighted by Crippen LogP contribution is -2.56. The van der Waals surface area contributed by atoms with Gasteiger partial charge in [0, 0.05) is 6.54 Å². The Labute approximate surface area is 127 Å². The number of ether oxygens (including phenoxy) is 1. The predicted molar refractivity (Wildman–Crippen MR) is 77.6 cm³/mol. The molecular weight excluding hydrogens is 290 g/mol. The number of nitrogens with one attached hydrogen (secondary N) is 1. The molecule has 0 spiro atoms. The fraction of sp³-hybridized carbons (Fsp3) is 0.357. The lowest BCUT2D eigenvalue weighted by molar-refractivity contribution is -0.162. The molecular formula is C14H19N3O5. The summed E-state index contributed by atoms with van der Waals surface area (Å²) in [6.45, 7) is 0.0545. The third kappa shape index (κ3) is 5.06. The van der Waals surface area contributed by atoms with Gasteiger partial charge in [-0.1, -0.05) is 30.3 Å². The van der Waals surface area contributed by atoms with E-state index in [1.807, 2.05) is 6.07 Å². The van der Waals surface area contributed by atoms with E-state index in [0.717, 1.165) is 5.56 Å². The number of nitrogens with two attached hydrogens (primary N) is 2. The molecule has 0 bridgehead atoms. The molecule has 1 atom stereocenters. The van der Waals surface area contributed by atoms with Crippen LogP contribution in [0.15, 0.2) is 30.3 Å². The van der Waals surface area contributed by atoms with E-state index in [-0.39, 0.29) is 26.0 Å². The molecule has 0 fully saturated rings. The highest BCUT2D eigenvalue weighted by atomic mass is 16.5. The second-order valence-electron chi connectivity index (χ2n) is 4.73. The van der Waals surface area contributed by atoms with E-state index in [1.54, 1.807) is 24.3 Å². The number of amides is 2. The number of hydrogen-bond acceptors (Lipinski definition) is 5. The molecule has 6 N–H and O–H groups in total. The van der Waals surface area contributed by atoms with Crippen LogP contribution < -0.4 is 16.8 Å². The average molecular weight is 309 g/mol. The second-order valence-corrected chi connectivity index (χ2v) is 4.73. The fourth-order valence-corrected chi connectivity index (χ4v) is 1.73. The molecule has 0 aliphatic heterocycles. The van der Waals surface area contributed by atoms with E-state index in [4.69, 9.17) is 16.2 Å². The molecule has 1 aromatic carbocycles. The highest BCUT2D eigenvalue weighted by molar-refractivity contribution is 6.03. The van der Waals surface area contributed by atoms with Gasteiger partial charge in [-0.15, -0.1) is 0 Å². The average Bonchev–Trinajstić information content (AvgIpc) is 2.49. The summed E-state index contributed by atoms with van der Waals surface area (Å²) in [5.74, 6) is -2.51. The highest BCUT2D eigenvalue weighted by Crippen LogP contribution is 2.14. The normalized spacial score (nSPS) is 13.0. The first-order valence-corrected chi connectivity index (χ1v) is 6.63. The number of carboxylic acids is 1. The van der Waals surface area contributed by atoms with Crippen LogP contribution in [0.25, 0.3) is 0 Å². The first kappa shape index (κ1) is 17.4. The van der Waals surface area contributed by atoms with Crippen LogP contribution in [0.1, 0.15) is 18.4 Å². The van der Waals surface area contributed by atoms with E-state index in [2.05, 4.69) is 5.32 Å². The Morgan fingerprint density at radius 2 is 1.86 bits per heavy atom. The summed E-state index contributed by atoms with van der Waals surface area (Å²) >= 11 is 0. The first-order chi connectivity index (χ1) is 10.4. The largest absolute Gasteiger partial charge is 0.479 e. The minimum atomic E-state index is -2.16. The van der Waals surface area contributed by atoms with E-state index in [0.29, 0.717) is 0 Å². The van der Waals surface area contributed by atoms with Gasteiger partial charge in [-0.25, -0.2) is 14.4 Å². The number of primary amides is 1. The molecule has 1 rings (SSSR count). The SMILES string of the molecule is NC(=O)NCCC[C@](N)(C(=O)O)C(=O)OCc1ccccc1. The number of hydrogen-bond donors (Lipinski definition) is 4. The van der Waals surface area contributed by atoms with Crippen LogP contribution in [-0.4, -0.2) is 35.2 Å². The Kier molecular flexibility index (Phi) is 6.33. The molecule has 8 heteroatoms. The van der Waals surface area contributed by atoms with E-state index < -0.39 is 23.5 Å². The van der Waals surface area contributed by atoms with Crippen LogP contribution in [-0.2, 0) is 20.9 Å². The van der Waals surface area contributed by atoms with Crippen molar-refractivity contribution in [2.24, 2.45) is 11.5 Å². The molecule has 120 valence electrons. The highest BCUT2D eigenvalue weighted by Gasteiger charge is 2.43. The number of carboxylic acid groups (broad SMARTS) is 1. The maximum Gasteiger partial charge on any atom is 0.338 e. The predicted octanol–water partition coefficient (Wildman–Crippen LogP) is -0.0396. The molecule has 0 aromatic heterocycles. The fourth-order valence-electron chi connectivity index (χ4n) is 1.73. The minimum Gasteiger partial charge on any atom is -0.479 e. The zero-order valence-corrected chi connectivity index (χ0v) is 12.0. The third-order valence-corrected chi connectivity index (χ3v) is 3.01. The van der Waals surface area contributed by atoms with Crippen molar-refractivity contribution in [1.29, 1.82) is 0 Å². The van der Waals surface area contributed by atoms with Crippen molar-refractivity contribution in [3.63, 3.8) is 0 Å². The van der Waals surface area contributed by atoms with Crippen LogP contribution in [0, 0.1) is 0 Å². The van der Waals surface area contributed by atoms with E-state index >= 15 is 0 Å². The van der Waals surface area contributed by atoms with Crippen molar-refractivity contribution in [2.45, 2.75) is 25.0 Å². The molecule has 0 saturated carbocycles. The van der Waals surface area contributed by atoms with Gasteiger partial charge in [-0.3, -0.25) is 0 Å². The summed E-state index contributed by atoms with van der Waals surface area (Å²) in [5.41, 5.74) is 9.09. The Balaban J connectivity index is 2.58. The number of benzene rings is 1. The summed E-state index contributed by atoms with van der Waals surface area (Å²) in [6.07, 6.45) is -0.0115. The summed E-state index contributed by atoms with van der Waals surface area (Å²) in [7, 11) is 0. The van der Waals surface area contributed by atoms with Gasteiger partial charge in [-0.05, 0) is 18.4 Å². The minimum absolute atomic E-state index is 0.0640. The number of carbonyl (C=O) groups excluding carboxylic acids is 2. The van der Waals surface area contributed by atoms with E-state index in [9.17, 15) is 19.5 Å². The van der Waals surface area contributed by atoms with Crippen LogP contribution in [0.4, 0.5) is 4.79 Å². The maximum atomic E-state index is 12.0. The molecule has 2 amide bonds. The third-order valence-electron chi connectivity index (χ3n) is 3.01. The summed E-state index contributed by atoms with van der Waals surface area (Å²) in [6, 6.07) is 8.09. The van der Waals surface area contributed by atoms with Crippen molar-refractivity contribution in [3.8, 4) is 0 Å². The molecule has 0 radical (unpaired) electrons. The summed E-state index contributed by atoms with van der Waals surface area (Å²) in [5, 5.41) is 11.5. The van der Waals surface area contributed by atoms with Gasteiger partial charge in [0.25, 0.3) is 0 Å². The molecule has 0 saturated heterocycles. The van der Waals surface area contributed by atoms with Crippen LogP contribution in [0.5, 0.6) is 0 Å². The monoisotopic (exact) mass is 309 g/mol. The molecule has 0 heterocycles. The molecule has 0 aliphatic carbocycles. The number of aliphatic carboxylic acids is 1. The molecule has 0 aliphatic rings. The van der Waals surface area contributed by atoms with Gasteiger partial charge in [0.05, 0.1) is 0 Å². The van der Waals surface area contributed by atoms with Crippen molar-refractivity contribution in [1.82, 2.24) is 5.32 Å². The van der Waals surface area contributed by atoms with Gasteiger partial charge in [0.1, 0.15) is 6.61 Å². The Morgan fingerprint density at radius 1 is 1.23 bits per heavy atom. The van der Waals surface area contributed by atoms with Crippen LogP contribution in [0.2, 0.25) is 0 Å². The number of urea groups is 1. The topological polar surface area (TPSA) is 145 Å². The van der Waals surface area contributed by atoms with Crippen LogP contribution in [0.3, 0.4) is 0 Å². The molecule has 0 unspecified atom stereocenters. The lowest BCUT2D eigenvalue weighted by Gasteiger charge is -2.22. The van der Waals surface area contributed by atoms with Gasteiger partial charge in [-0.2, -0.15) is 0 Å².